The number of nitrogens with two attached hydrogens (primary N) is 1. The number of fused-ring (bicyclic) bond motifs is 1. The molecule has 2 aromatic rings. The molecule has 0 fully saturated rings. The number of carbonyl (C=O) groups excluding carboxylic acids is 1. The Morgan fingerprint density at radius 1 is 1.05 bits per heavy atom. The van der Waals surface area contributed by atoms with Crippen LogP contribution in [0.25, 0.3) is 0 Å². The number of benzene rings is 2. The lowest BCUT2D eigenvalue weighted by Gasteiger charge is -2.30. The fourth-order valence-electron chi connectivity index (χ4n) is 2.67. The quantitative estimate of drug-likeness (QED) is 0.939. The van der Waals surface area contributed by atoms with Crippen LogP contribution in [0.1, 0.15) is 22.3 Å². The average Bonchev–Trinajstić information content (AvgIpc) is 2.54. The monoisotopic (exact) mass is 316 g/mol. The summed E-state index contributed by atoms with van der Waals surface area (Å²) in [5, 5.41) is 0. The van der Waals surface area contributed by atoms with Crippen LogP contribution in [0, 0.1) is 0 Å². The van der Waals surface area contributed by atoms with Crippen LogP contribution in [-0.2, 0) is 16.4 Å². The van der Waals surface area contributed by atoms with E-state index in [0.29, 0.717) is 6.54 Å². The number of hydrogen-bond donors (Lipinski definition) is 1. The molecular weight excluding hydrogens is 300 g/mol. The molecule has 0 unspecified atom stereocenters. The van der Waals surface area contributed by atoms with Crippen molar-refractivity contribution in [1.29, 1.82) is 0 Å². The molecule has 0 bridgehead atoms. The highest BCUT2D eigenvalue weighted by molar-refractivity contribution is 7.92. The fraction of sp³-hybridized carbons (Fsp3) is 0.188. The lowest BCUT2D eigenvalue weighted by atomic mass is 10.0. The van der Waals surface area contributed by atoms with Crippen LogP contribution in [0.15, 0.2) is 53.4 Å². The Kier molecular flexibility index (Phi) is 3.62. The molecule has 2 N–H and O–H groups in total. The van der Waals surface area contributed by atoms with Gasteiger partial charge in [0.1, 0.15) is 0 Å². The number of sulfonamides is 1. The topological polar surface area (TPSA) is 80.5 Å². The highest BCUT2D eigenvalue weighted by Gasteiger charge is 2.28. The molecule has 1 aliphatic heterocycles. The Balaban J connectivity index is 2.02. The Labute approximate surface area is 129 Å². The summed E-state index contributed by atoms with van der Waals surface area (Å²) in [4.78, 5) is 11.3. The van der Waals surface area contributed by atoms with Gasteiger partial charge in [-0.3, -0.25) is 9.10 Å². The number of anilines is 1. The van der Waals surface area contributed by atoms with Crippen LogP contribution < -0.4 is 10.0 Å². The summed E-state index contributed by atoms with van der Waals surface area (Å²) in [6.45, 7) is 0.455. The highest BCUT2D eigenvalue weighted by atomic mass is 32.2. The van der Waals surface area contributed by atoms with Gasteiger partial charge in [-0.25, -0.2) is 8.42 Å². The van der Waals surface area contributed by atoms with E-state index in [1.54, 1.807) is 0 Å². The van der Waals surface area contributed by atoms with E-state index < -0.39 is 15.9 Å². The van der Waals surface area contributed by atoms with Crippen molar-refractivity contribution in [2.45, 2.75) is 17.7 Å². The van der Waals surface area contributed by atoms with Crippen molar-refractivity contribution in [3.8, 4) is 0 Å². The number of carbonyl (C=O) groups is 1. The van der Waals surface area contributed by atoms with Crippen LogP contribution >= 0.6 is 0 Å². The predicted molar refractivity (Wildman–Crippen MR) is 84.3 cm³/mol. The maximum atomic E-state index is 12.8. The van der Waals surface area contributed by atoms with Gasteiger partial charge in [0.2, 0.25) is 5.91 Å². The van der Waals surface area contributed by atoms with Crippen LogP contribution in [-0.4, -0.2) is 20.9 Å². The number of aryl methyl sites for hydroxylation is 1. The zero-order chi connectivity index (χ0) is 15.7. The molecule has 0 atom stereocenters. The summed E-state index contributed by atoms with van der Waals surface area (Å²) in [7, 11) is -3.64. The smallest absolute Gasteiger partial charge is 0.264 e. The second-order valence-corrected chi connectivity index (χ2v) is 7.06. The lowest BCUT2D eigenvalue weighted by Crippen LogP contribution is -2.35. The van der Waals surface area contributed by atoms with Crippen LogP contribution in [0.3, 0.4) is 0 Å². The molecule has 0 aromatic heterocycles. The molecule has 1 heterocycles. The van der Waals surface area contributed by atoms with E-state index in [1.807, 2.05) is 24.3 Å². The minimum absolute atomic E-state index is 0.161. The van der Waals surface area contributed by atoms with Crippen molar-refractivity contribution >= 4 is 21.6 Å². The molecular formula is C16H16N2O3S. The van der Waals surface area contributed by atoms with Gasteiger partial charge in [-0.05, 0) is 48.7 Å². The SMILES string of the molecule is NC(=O)c1ccc(S(=O)(=O)N2CCCc3ccccc32)cc1. The Hall–Kier alpha value is -2.34. The van der Waals surface area contributed by atoms with Gasteiger partial charge >= 0.3 is 0 Å². The summed E-state index contributed by atoms with van der Waals surface area (Å²) >= 11 is 0. The van der Waals surface area contributed by atoms with Crippen molar-refractivity contribution in [3.63, 3.8) is 0 Å². The number of amides is 1. The first-order valence-corrected chi connectivity index (χ1v) is 8.44. The molecule has 0 spiro atoms. The van der Waals surface area contributed by atoms with Gasteiger partial charge < -0.3 is 5.73 Å². The summed E-state index contributed by atoms with van der Waals surface area (Å²) in [5.41, 5.74) is 7.23. The standard InChI is InChI=1S/C16H16N2O3S/c17-16(19)13-7-9-14(10-8-13)22(20,21)18-11-3-5-12-4-1-2-6-15(12)18/h1-2,4,6-10H,3,5,11H2,(H2,17,19). The van der Waals surface area contributed by atoms with Gasteiger partial charge in [-0.2, -0.15) is 0 Å². The second kappa shape index (κ2) is 5.46. The molecule has 0 radical (unpaired) electrons. The molecule has 6 heteroatoms. The van der Waals surface area contributed by atoms with Crippen molar-refractivity contribution in [2.75, 3.05) is 10.8 Å². The zero-order valence-corrected chi connectivity index (χ0v) is 12.7. The van der Waals surface area contributed by atoms with Gasteiger partial charge in [0.05, 0.1) is 10.6 Å². The zero-order valence-electron chi connectivity index (χ0n) is 11.9. The number of nitrogens with zero attached hydrogens (tertiary/aromatic N) is 1. The summed E-state index contributed by atoms with van der Waals surface area (Å²) in [6.07, 6.45) is 1.67. The van der Waals surface area contributed by atoms with Crippen molar-refractivity contribution < 1.29 is 13.2 Å². The molecule has 5 nitrogen and oxygen atoms in total. The first-order valence-electron chi connectivity index (χ1n) is 7.00. The minimum Gasteiger partial charge on any atom is -0.366 e. The highest BCUT2D eigenvalue weighted by Crippen LogP contribution is 2.31. The third kappa shape index (κ3) is 2.46. The van der Waals surface area contributed by atoms with E-state index in [1.165, 1.54) is 28.6 Å². The molecule has 22 heavy (non-hydrogen) atoms. The first-order chi connectivity index (χ1) is 10.5. The Morgan fingerprint density at radius 2 is 1.73 bits per heavy atom. The number of hydrogen-bond acceptors (Lipinski definition) is 3. The molecule has 0 saturated carbocycles. The van der Waals surface area contributed by atoms with Gasteiger partial charge in [0.25, 0.3) is 10.0 Å². The van der Waals surface area contributed by atoms with Gasteiger partial charge in [0, 0.05) is 12.1 Å². The lowest BCUT2D eigenvalue weighted by molar-refractivity contribution is 0.1000. The van der Waals surface area contributed by atoms with Crippen LogP contribution in [0.5, 0.6) is 0 Å². The fourth-order valence-corrected chi connectivity index (χ4v) is 4.21. The molecule has 1 aliphatic rings. The number of primary amides is 1. The number of para-hydroxylation sites is 1. The van der Waals surface area contributed by atoms with Crippen LogP contribution in [0.2, 0.25) is 0 Å². The first kappa shape index (κ1) is 14.6. The van der Waals surface area contributed by atoms with Gasteiger partial charge in [-0.1, -0.05) is 18.2 Å². The van der Waals surface area contributed by atoms with Gasteiger partial charge in [0.15, 0.2) is 0 Å². The average molecular weight is 316 g/mol. The van der Waals surface area contributed by atoms with E-state index in [0.717, 1.165) is 24.1 Å². The summed E-state index contributed by atoms with van der Waals surface area (Å²) in [6, 6.07) is 13.2. The third-order valence-electron chi connectivity index (χ3n) is 3.79. The molecule has 3 rings (SSSR count). The minimum atomic E-state index is -3.64. The third-order valence-corrected chi connectivity index (χ3v) is 5.62. The van der Waals surface area contributed by atoms with E-state index >= 15 is 0 Å². The number of rotatable bonds is 3. The molecule has 1 amide bonds. The molecule has 2 aromatic carbocycles. The maximum Gasteiger partial charge on any atom is 0.264 e. The van der Waals surface area contributed by atoms with Crippen molar-refractivity contribution in [3.05, 3.63) is 59.7 Å². The summed E-state index contributed by atoms with van der Waals surface area (Å²) in [5.74, 6) is -0.577. The summed E-state index contributed by atoms with van der Waals surface area (Å²) < 4.78 is 27.1. The maximum absolute atomic E-state index is 12.8. The predicted octanol–water partition coefficient (Wildman–Crippen LogP) is 1.93. The second-order valence-electron chi connectivity index (χ2n) is 5.20. The van der Waals surface area contributed by atoms with E-state index in [2.05, 4.69) is 0 Å². The normalized spacial score (nSPS) is 14.5. The van der Waals surface area contributed by atoms with E-state index in [4.69, 9.17) is 5.73 Å². The van der Waals surface area contributed by atoms with Crippen LogP contribution in [0.4, 0.5) is 5.69 Å². The van der Waals surface area contributed by atoms with E-state index in [-0.39, 0.29) is 10.5 Å². The van der Waals surface area contributed by atoms with Crippen molar-refractivity contribution in [2.24, 2.45) is 5.73 Å². The molecule has 114 valence electrons. The molecule has 0 saturated heterocycles. The largest absolute Gasteiger partial charge is 0.366 e. The van der Waals surface area contributed by atoms with E-state index in [9.17, 15) is 13.2 Å². The molecule has 0 aliphatic carbocycles. The van der Waals surface area contributed by atoms with Gasteiger partial charge in [-0.15, -0.1) is 0 Å². The Bertz CT molecular complexity index is 814. The van der Waals surface area contributed by atoms with Crippen molar-refractivity contribution in [1.82, 2.24) is 0 Å². The Morgan fingerprint density at radius 3 is 2.41 bits per heavy atom.